The average molecular weight is 275 g/mol. The van der Waals surface area contributed by atoms with Gasteiger partial charge in [-0.2, -0.15) is 0 Å². The summed E-state index contributed by atoms with van der Waals surface area (Å²) in [7, 11) is 1.89. The third-order valence-electron chi connectivity index (χ3n) is 4.25. The zero-order valence-corrected chi connectivity index (χ0v) is 13.2. The quantitative estimate of drug-likeness (QED) is 0.851. The van der Waals surface area contributed by atoms with E-state index in [4.69, 9.17) is 0 Å². The Kier molecular flexibility index (Phi) is 4.11. The monoisotopic (exact) mass is 275 g/mol. The molecule has 0 bridgehead atoms. The highest BCUT2D eigenvalue weighted by Gasteiger charge is 2.33. The number of carbonyl (C=O) groups is 1. The summed E-state index contributed by atoms with van der Waals surface area (Å²) in [5.74, 6) is 0.801. The lowest BCUT2D eigenvalue weighted by molar-refractivity contribution is -0.132. The largest absolute Gasteiger partial charge is 0.343 e. The third kappa shape index (κ3) is 3.35. The van der Waals surface area contributed by atoms with Gasteiger partial charge in [-0.1, -0.05) is 20.8 Å². The number of carbonyl (C=O) groups excluding carboxylic acids is 1. The molecule has 0 spiro atoms. The molecule has 110 valence electrons. The smallest absolute Gasteiger partial charge is 0.219 e. The van der Waals surface area contributed by atoms with Crippen LogP contribution in [0.5, 0.6) is 0 Å². The van der Waals surface area contributed by atoms with Crippen molar-refractivity contribution in [3.8, 4) is 0 Å². The Bertz CT molecular complexity index is 487. The molecule has 0 atom stereocenters. The molecule has 2 rings (SSSR count). The molecule has 0 radical (unpaired) electrons. The average Bonchev–Trinajstić information content (AvgIpc) is 2.31. The fourth-order valence-electron chi connectivity index (χ4n) is 2.66. The highest BCUT2D eigenvalue weighted by atomic mass is 16.2. The Morgan fingerprint density at radius 1 is 1.35 bits per heavy atom. The van der Waals surface area contributed by atoms with E-state index in [1.807, 2.05) is 11.9 Å². The van der Waals surface area contributed by atoms with Crippen LogP contribution in [0.25, 0.3) is 0 Å². The van der Waals surface area contributed by atoms with Crippen molar-refractivity contribution >= 4 is 5.91 Å². The summed E-state index contributed by atoms with van der Waals surface area (Å²) in [5.41, 5.74) is 2.28. The minimum absolute atomic E-state index is 0.0642. The molecule has 1 fully saturated rings. The van der Waals surface area contributed by atoms with Gasteiger partial charge in [-0.3, -0.25) is 4.79 Å². The van der Waals surface area contributed by atoms with Gasteiger partial charge in [0, 0.05) is 36.8 Å². The zero-order valence-electron chi connectivity index (χ0n) is 13.2. The van der Waals surface area contributed by atoms with Crippen LogP contribution >= 0.6 is 0 Å². The van der Waals surface area contributed by atoms with Crippen LogP contribution in [-0.4, -0.2) is 33.9 Å². The van der Waals surface area contributed by atoms with Gasteiger partial charge in [-0.25, -0.2) is 9.97 Å². The van der Waals surface area contributed by atoms with E-state index in [0.717, 1.165) is 30.7 Å². The summed E-state index contributed by atoms with van der Waals surface area (Å²) >= 11 is 0. The predicted molar refractivity (Wildman–Crippen MR) is 79.4 cm³/mol. The van der Waals surface area contributed by atoms with Crippen molar-refractivity contribution in [1.82, 2.24) is 14.9 Å². The van der Waals surface area contributed by atoms with Crippen molar-refractivity contribution < 1.29 is 4.79 Å². The van der Waals surface area contributed by atoms with Crippen LogP contribution in [-0.2, 0) is 16.6 Å². The second-order valence-corrected chi connectivity index (χ2v) is 6.97. The zero-order chi connectivity index (χ0) is 14.9. The van der Waals surface area contributed by atoms with Gasteiger partial charge in [-0.05, 0) is 31.2 Å². The molecule has 1 aliphatic rings. The summed E-state index contributed by atoms with van der Waals surface area (Å²) in [5, 5.41) is 0. The van der Waals surface area contributed by atoms with Gasteiger partial charge in [-0.15, -0.1) is 0 Å². The van der Waals surface area contributed by atoms with Gasteiger partial charge in [0.1, 0.15) is 6.33 Å². The molecule has 0 unspecified atom stereocenters. The topological polar surface area (TPSA) is 46.1 Å². The van der Waals surface area contributed by atoms with Crippen LogP contribution in [0.2, 0.25) is 0 Å². The molecular formula is C16H25N3O. The maximum atomic E-state index is 11.3. The summed E-state index contributed by atoms with van der Waals surface area (Å²) in [6.07, 6.45) is 4.84. The molecule has 1 aliphatic carbocycles. The van der Waals surface area contributed by atoms with Gasteiger partial charge in [0.2, 0.25) is 5.91 Å². The molecule has 1 aromatic heterocycles. The Morgan fingerprint density at radius 3 is 2.55 bits per heavy atom. The van der Waals surface area contributed by atoms with Crippen LogP contribution in [0.3, 0.4) is 0 Å². The van der Waals surface area contributed by atoms with E-state index in [0.29, 0.717) is 12.0 Å². The number of amides is 1. The molecule has 0 aromatic carbocycles. The highest BCUT2D eigenvalue weighted by molar-refractivity contribution is 5.73. The molecule has 0 aliphatic heterocycles. The maximum absolute atomic E-state index is 11.3. The van der Waals surface area contributed by atoms with Crippen LogP contribution in [0.4, 0.5) is 0 Å². The van der Waals surface area contributed by atoms with Crippen LogP contribution in [0.15, 0.2) is 12.4 Å². The number of nitrogens with zero attached hydrogens (tertiary/aromatic N) is 3. The van der Waals surface area contributed by atoms with Gasteiger partial charge in [0.15, 0.2) is 0 Å². The van der Waals surface area contributed by atoms with Crippen molar-refractivity contribution in [3.63, 3.8) is 0 Å². The first-order chi connectivity index (χ1) is 9.27. The fraction of sp³-hybridized carbons (Fsp3) is 0.688. The SMILES string of the molecule is CC(=O)N(C)C1CC(Cc2cc(C(C)(C)C)ncn2)C1. The molecule has 1 heterocycles. The van der Waals surface area contributed by atoms with Gasteiger partial charge in [0.25, 0.3) is 0 Å². The highest BCUT2D eigenvalue weighted by Crippen LogP contribution is 2.33. The van der Waals surface area contributed by atoms with E-state index >= 15 is 0 Å². The van der Waals surface area contributed by atoms with Crippen molar-refractivity contribution in [3.05, 3.63) is 23.8 Å². The van der Waals surface area contributed by atoms with E-state index in [9.17, 15) is 4.79 Å². The molecule has 1 amide bonds. The molecule has 20 heavy (non-hydrogen) atoms. The summed E-state index contributed by atoms with van der Waals surface area (Å²) < 4.78 is 0. The minimum Gasteiger partial charge on any atom is -0.343 e. The van der Waals surface area contributed by atoms with E-state index in [1.54, 1.807) is 13.3 Å². The van der Waals surface area contributed by atoms with Gasteiger partial charge in [0.05, 0.1) is 0 Å². The number of hydrogen-bond donors (Lipinski definition) is 0. The van der Waals surface area contributed by atoms with E-state index in [1.165, 1.54) is 0 Å². The van der Waals surface area contributed by atoms with Crippen molar-refractivity contribution in [1.29, 1.82) is 0 Å². The Labute approximate surface area is 121 Å². The predicted octanol–water partition coefficient (Wildman–Crippen LogP) is 2.57. The minimum atomic E-state index is 0.0642. The number of aromatic nitrogens is 2. The van der Waals surface area contributed by atoms with E-state index in [-0.39, 0.29) is 11.3 Å². The second kappa shape index (κ2) is 5.51. The van der Waals surface area contributed by atoms with Crippen molar-refractivity contribution in [2.75, 3.05) is 7.05 Å². The normalized spacial score (nSPS) is 22.2. The van der Waals surface area contributed by atoms with Crippen molar-refractivity contribution in [2.24, 2.45) is 5.92 Å². The van der Waals surface area contributed by atoms with Crippen LogP contribution in [0, 0.1) is 5.92 Å². The lowest BCUT2D eigenvalue weighted by atomic mass is 9.76. The molecule has 1 aromatic rings. The van der Waals surface area contributed by atoms with Gasteiger partial charge >= 0.3 is 0 Å². The van der Waals surface area contributed by atoms with E-state index < -0.39 is 0 Å². The number of rotatable bonds is 3. The maximum Gasteiger partial charge on any atom is 0.219 e. The summed E-state index contributed by atoms with van der Waals surface area (Å²) in [6.45, 7) is 8.13. The van der Waals surface area contributed by atoms with Crippen LogP contribution in [0.1, 0.15) is 51.9 Å². The molecule has 4 nitrogen and oxygen atoms in total. The summed E-state index contributed by atoms with van der Waals surface area (Å²) in [6, 6.07) is 2.54. The molecule has 0 saturated heterocycles. The molecule has 0 N–H and O–H groups in total. The Morgan fingerprint density at radius 2 is 2.00 bits per heavy atom. The Hall–Kier alpha value is -1.45. The Balaban J connectivity index is 1.92. The molecular weight excluding hydrogens is 250 g/mol. The first kappa shape index (κ1) is 14.9. The van der Waals surface area contributed by atoms with E-state index in [2.05, 4.69) is 36.8 Å². The number of hydrogen-bond acceptors (Lipinski definition) is 3. The molecule has 4 heteroatoms. The second-order valence-electron chi connectivity index (χ2n) is 6.97. The first-order valence-corrected chi connectivity index (χ1v) is 7.32. The third-order valence-corrected chi connectivity index (χ3v) is 4.25. The van der Waals surface area contributed by atoms with Crippen molar-refractivity contribution in [2.45, 2.75) is 58.4 Å². The summed E-state index contributed by atoms with van der Waals surface area (Å²) in [4.78, 5) is 21.9. The molecule has 1 saturated carbocycles. The fourth-order valence-corrected chi connectivity index (χ4v) is 2.66. The first-order valence-electron chi connectivity index (χ1n) is 7.32. The standard InChI is InChI=1S/C16H25N3O/c1-11(20)19(5)14-7-12(8-14)6-13-9-15(16(2,3)4)18-10-17-13/h9-10,12,14H,6-8H2,1-5H3. The lowest BCUT2D eigenvalue weighted by Crippen LogP contribution is -2.45. The van der Waals surface area contributed by atoms with Gasteiger partial charge < -0.3 is 4.90 Å². The lowest BCUT2D eigenvalue weighted by Gasteiger charge is -2.40. The van der Waals surface area contributed by atoms with Crippen LogP contribution < -0.4 is 0 Å².